The highest BCUT2D eigenvalue weighted by Gasteiger charge is 2.31. The molecule has 0 bridgehead atoms. The highest BCUT2D eigenvalue weighted by atomic mass is 16.5. The maximum absolute atomic E-state index is 12.8. The molecule has 28 heavy (non-hydrogen) atoms. The van der Waals surface area contributed by atoms with Gasteiger partial charge in [-0.1, -0.05) is 31.2 Å². The molecule has 2 aliphatic heterocycles. The van der Waals surface area contributed by atoms with E-state index in [9.17, 15) is 9.59 Å². The molecule has 2 fully saturated rings. The lowest BCUT2D eigenvalue weighted by atomic mass is 9.96. The molecule has 0 spiro atoms. The molecule has 1 aromatic carbocycles. The summed E-state index contributed by atoms with van der Waals surface area (Å²) in [6.45, 7) is 7.35. The van der Waals surface area contributed by atoms with E-state index in [4.69, 9.17) is 4.74 Å². The topological polar surface area (TPSA) is 53.1 Å². The van der Waals surface area contributed by atoms with E-state index in [1.54, 1.807) is 4.90 Å². The number of aryl methyl sites for hydroxylation is 1. The standard InChI is InChI=1S/C22H33N3O3/c1-3-18-6-8-19(9-7-18)15-23(2)21(26)17-24-10-4-5-20(16-24)22(27)25-11-13-28-14-12-25/h6-9,20H,3-5,10-17H2,1-2H3. The van der Waals surface area contributed by atoms with Gasteiger partial charge in [0.1, 0.15) is 0 Å². The fourth-order valence-electron chi connectivity index (χ4n) is 4.00. The van der Waals surface area contributed by atoms with Crippen molar-refractivity contribution in [2.24, 2.45) is 5.92 Å². The second-order valence-electron chi connectivity index (χ2n) is 7.93. The lowest BCUT2D eigenvalue weighted by Crippen LogP contribution is -2.50. The van der Waals surface area contributed by atoms with Gasteiger partial charge in [-0.25, -0.2) is 0 Å². The van der Waals surface area contributed by atoms with Gasteiger partial charge in [0.15, 0.2) is 0 Å². The molecule has 154 valence electrons. The summed E-state index contributed by atoms with van der Waals surface area (Å²) in [5.41, 5.74) is 2.45. The van der Waals surface area contributed by atoms with Gasteiger partial charge in [0, 0.05) is 33.2 Å². The van der Waals surface area contributed by atoms with E-state index >= 15 is 0 Å². The van der Waals surface area contributed by atoms with Crippen molar-refractivity contribution in [3.05, 3.63) is 35.4 Å². The highest BCUT2D eigenvalue weighted by Crippen LogP contribution is 2.20. The monoisotopic (exact) mass is 387 g/mol. The Hall–Kier alpha value is -1.92. The van der Waals surface area contributed by atoms with Crippen LogP contribution in [0.4, 0.5) is 0 Å². The molecule has 6 heteroatoms. The second-order valence-corrected chi connectivity index (χ2v) is 7.93. The maximum Gasteiger partial charge on any atom is 0.236 e. The van der Waals surface area contributed by atoms with Crippen LogP contribution in [0.1, 0.15) is 30.9 Å². The van der Waals surface area contributed by atoms with Crippen LogP contribution in [0.3, 0.4) is 0 Å². The maximum atomic E-state index is 12.8. The van der Waals surface area contributed by atoms with Crippen molar-refractivity contribution in [3.63, 3.8) is 0 Å². The molecule has 6 nitrogen and oxygen atoms in total. The van der Waals surface area contributed by atoms with Gasteiger partial charge in [-0.15, -0.1) is 0 Å². The Balaban J connectivity index is 1.49. The third kappa shape index (κ3) is 5.55. The number of carbonyl (C=O) groups is 2. The van der Waals surface area contributed by atoms with Crippen LogP contribution in [0.15, 0.2) is 24.3 Å². The van der Waals surface area contributed by atoms with Crippen molar-refractivity contribution in [2.45, 2.75) is 32.7 Å². The van der Waals surface area contributed by atoms with Crippen LogP contribution >= 0.6 is 0 Å². The first-order chi connectivity index (χ1) is 13.6. The van der Waals surface area contributed by atoms with Gasteiger partial charge >= 0.3 is 0 Å². The summed E-state index contributed by atoms with van der Waals surface area (Å²) in [5, 5.41) is 0. The normalized spacial score (nSPS) is 20.8. The predicted octanol–water partition coefficient (Wildman–Crippen LogP) is 1.78. The van der Waals surface area contributed by atoms with Gasteiger partial charge in [0.2, 0.25) is 11.8 Å². The van der Waals surface area contributed by atoms with E-state index in [0.29, 0.717) is 45.9 Å². The molecule has 1 unspecified atom stereocenters. The van der Waals surface area contributed by atoms with Crippen LogP contribution in [0.5, 0.6) is 0 Å². The average molecular weight is 388 g/mol. The van der Waals surface area contributed by atoms with E-state index in [-0.39, 0.29) is 17.7 Å². The Morgan fingerprint density at radius 3 is 2.46 bits per heavy atom. The lowest BCUT2D eigenvalue weighted by molar-refractivity contribution is -0.142. The molecule has 3 rings (SSSR count). The van der Waals surface area contributed by atoms with Crippen LogP contribution < -0.4 is 0 Å². The van der Waals surface area contributed by atoms with E-state index in [1.807, 2.05) is 11.9 Å². The SMILES string of the molecule is CCc1ccc(CN(C)C(=O)CN2CCCC(C(=O)N3CCOCC3)C2)cc1. The molecule has 1 atom stereocenters. The number of amides is 2. The van der Waals surface area contributed by atoms with Gasteiger partial charge in [0.25, 0.3) is 0 Å². The first-order valence-corrected chi connectivity index (χ1v) is 10.5. The highest BCUT2D eigenvalue weighted by molar-refractivity contribution is 5.80. The number of benzene rings is 1. The zero-order valence-electron chi connectivity index (χ0n) is 17.2. The van der Waals surface area contributed by atoms with Crippen LogP contribution in [0, 0.1) is 5.92 Å². The minimum Gasteiger partial charge on any atom is -0.378 e. The number of likely N-dealkylation sites (tertiary alicyclic amines) is 1. The number of hydrogen-bond acceptors (Lipinski definition) is 4. The molecule has 2 heterocycles. The number of nitrogens with zero attached hydrogens (tertiary/aromatic N) is 3. The molecule has 2 amide bonds. The Morgan fingerprint density at radius 2 is 1.79 bits per heavy atom. The summed E-state index contributed by atoms with van der Waals surface area (Å²) in [6, 6.07) is 8.45. The summed E-state index contributed by atoms with van der Waals surface area (Å²) >= 11 is 0. The largest absolute Gasteiger partial charge is 0.378 e. The number of likely N-dealkylation sites (N-methyl/N-ethyl adjacent to an activating group) is 1. The fraction of sp³-hybridized carbons (Fsp3) is 0.636. The summed E-state index contributed by atoms with van der Waals surface area (Å²) < 4.78 is 5.34. The van der Waals surface area contributed by atoms with Crippen molar-refractivity contribution in [1.82, 2.24) is 14.7 Å². The van der Waals surface area contributed by atoms with E-state index in [0.717, 1.165) is 31.4 Å². The third-order valence-corrected chi connectivity index (χ3v) is 5.81. The molecule has 0 N–H and O–H groups in total. The zero-order chi connectivity index (χ0) is 19.9. The minimum atomic E-state index is 0.00606. The molecule has 2 aliphatic rings. The number of carbonyl (C=O) groups excluding carboxylic acids is 2. The van der Waals surface area contributed by atoms with Gasteiger partial charge in [-0.2, -0.15) is 0 Å². The molecular weight excluding hydrogens is 354 g/mol. The minimum absolute atomic E-state index is 0.00606. The van der Waals surface area contributed by atoms with Crippen LogP contribution in [0.25, 0.3) is 0 Å². The van der Waals surface area contributed by atoms with E-state index in [2.05, 4.69) is 36.1 Å². The second kappa shape index (κ2) is 10.0. The van der Waals surface area contributed by atoms with Crippen molar-refractivity contribution >= 4 is 11.8 Å². The zero-order valence-corrected chi connectivity index (χ0v) is 17.2. The third-order valence-electron chi connectivity index (χ3n) is 5.81. The van der Waals surface area contributed by atoms with Crippen molar-refractivity contribution in [1.29, 1.82) is 0 Å². The van der Waals surface area contributed by atoms with E-state index in [1.165, 1.54) is 5.56 Å². The summed E-state index contributed by atoms with van der Waals surface area (Å²) in [6.07, 6.45) is 2.91. The van der Waals surface area contributed by atoms with Crippen LogP contribution in [-0.4, -0.2) is 79.5 Å². The number of rotatable bonds is 6. The quantitative estimate of drug-likeness (QED) is 0.747. The molecule has 0 saturated carbocycles. The summed E-state index contributed by atoms with van der Waals surface area (Å²) in [5.74, 6) is 0.343. The lowest BCUT2D eigenvalue weighted by Gasteiger charge is -2.36. The Kier molecular flexibility index (Phi) is 7.45. The van der Waals surface area contributed by atoms with Gasteiger partial charge in [0.05, 0.1) is 25.7 Å². The fourth-order valence-corrected chi connectivity index (χ4v) is 4.00. The number of hydrogen-bond donors (Lipinski definition) is 0. The predicted molar refractivity (Wildman–Crippen MR) is 109 cm³/mol. The summed E-state index contributed by atoms with van der Waals surface area (Å²) in [4.78, 5) is 31.3. The average Bonchev–Trinajstić information content (AvgIpc) is 2.74. The van der Waals surface area contributed by atoms with Crippen LogP contribution in [-0.2, 0) is 27.3 Å². The van der Waals surface area contributed by atoms with Crippen molar-refractivity contribution in [3.8, 4) is 0 Å². The Morgan fingerprint density at radius 1 is 1.11 bits per heavy atom. The Bertz CT molecular complexity index is 655. The molecule has 0 aromatic heterocycles. The molecule has 1 aromatic rings. The van der Waals surface area contributed by atoms with Crippen molar-refractivity contribution in [2.75, 3.05) is 53.0 Å². The number of ether oxygens (including phenoxy) is 1. The smallest absolute Gasteiger partial charge is 0.236 e. The van der Waals surface area contributed by atoms with Gasteiger partial charge in [-0.3, -0.25) is 14.5 Å². The Labute approximate surface area is 168 Å². The molecular formula is C22H33N3O3. The molecule has 0 aliphatic carbocycles. The van der Waals surface area contributed by atoms with Crippen molar-refractivity contribution < 1.29 is 14.3 Å². The number of piperidine rings is 1. The summed E-state index contributed by atoms with van der Waals surface area (Å²) in [7, 11) is 1.86. The first-order valence-electron chi connectivity index (χ1n) is 10.5. The molecule has 2 saturated heterocycles. The van der Waals surface area contributed by atoms with Crippen LogP contribution in [0.2, 0.25) is 0 Å². The van der Waals surface area contributed by atoms with Gasteiger partial charge < -0.3 is 14.5 Å². The first kappa shape index (κ1) is 20.8. The van der Waals surface area contributed by atoms with Gasteiger partial charge in [-0.05, 0) is 36.9 Å². The van der Waals surface area contributed by atoms with E-state index < -0.39 is 0 Å². The number of morpholine rings is 1. The molecule has 0 radical (unpaired) electrons.